The van der Waals surface area contributed by atoms with Crippen molar-refractivity contribution >= 4 is 11.8 Å². The number of aliphatic hydroxyl groups excluding tert-OH is 4. The second-order valence-electron chi connectivity index (χ2n) is 4.10. The molecule has 0 unspecified atom stereocenters. The molecule has 1 aliphatic rings. The van der Waals surface area contributed by atoms with E-state index in [1.165, 1.54) is 6.92 Å². The fourth-order valence-corrected chi connectivity index (χ4v) is 1.50. The van der Waals surface area contributed by atoms with E-state index in [0.29, 0.717) is 0 Å². The molecule has 0 radical (unpaired) electrons. The van der Waals surface area contributed by atoms with Crippen LogP contribution in [0.25, 0.3) is 0 Å². The molecule has 18 heavy (non-hydrogen) atoms. The minimum absolute atomic E-state index is 0.374. The van der Waals surface area contributed by atoms with Gasteiger partial charge in [0.1, 0.15) is 43.2 Å². The van der Waals surface area contributed by atoms with Crippen molar-refractivity contribution in [2.75, 3.05) is 6.61 Å². The van der Waals surface area contributed by atoms with E-state index in [4.69, 9.17) is 4.74 Å². The lowest BCUT2D eigenvalue weighted by Gasteiger charge is -2.37. The predicted molar refractivity (Wildman–Crippen MR) is 55.2 cm³/mol. The predicted octanol–water partition coefficient (Wildman–Crippen LogP) is -2.69. The van der Waals surface area contributed by atoms with Crippen molar-refractivity contribution in [3.05, 3.63) is 0 Å². The molecule has 1 fully saturated rings. The van der Waals surface area contributed by atoms with Crippen LogP contribution in [0.1, 0.15) is 13.3 Å². The Bertz CT molecular complexity index is 317. The molecule has 0 aromatic rings. The van der Waals surface area contributed by atoms with Crippen LogP contribution in [-0.4, -0.2) is 69.5 Å². The summed E-state index contributed by atoms with van der Waals surface area (Å²) < 4.78 is 9.42. The average molecular weight is 264 g/mol. The van der Waals surface area contributed by atoms with Gasteiger partial charge in [0.15, 0.2) is 6.29 Å². The van der Waals surface area contributed by atoms with E-state index in [0.717, 1.165) is 0 Å². The maximum atomic E-state index is 11.1. The first-order chi connectivity index (χ1) is 8.32. The summed E-state index contributed by atoms with van der Waals surface area (Å²) in [5.74, 6) is -1.17. The zero-order valence-electron chi connectivity index (χ0n) is 9.72. The topological polar surface area (TPSA) is 134 Å². The first kappa shape index (κ1) is 15.0. The van der Waals surface area contributed by atoms with Crippen molar-refractivity contribution in [2.45, 2.75) is 44.1 Å². The molecule has 0 aliphatic carbocycles. The number of ketones is 1. The van der Waals surface area contributed by atoms with Crippen molar-refractivity contribution in [2.24, 2.45) is 0 Å². The Balaban J connectivity index is 2.47. The van der Waals surface area contributed by atoms with Crippen molar-refractivity contribution < 1.29 is 39.5 Å². The summed E-state index contributed by atoms with van der Waals surface area (Å²) in [4.78, 5) is 21.7. The van der Waals surface area contributed by atoms with E-state index in [-0.39, 0.29) is 5.78 Å². The van der Waals surface area contributed by atoms with E-state index in [2.05, 4.69) is 4.74 Å². The highest BCUT2D eigenvalue weighted by molar-refractivity contribution is 5.94. The molecule has 8 nitrogen and oxygen atoms in total. The standard InChI is InChI=1S/C10H16O8/c1-4(11)2-6(12)17-3-5-7(13)8(14)9(15)10(16)18-5/h5,7-10,13-16H,2-3H2,1H3/t5-,7-,8+,9-,10+/m1/s1. The van der Waals surface area contributed by atoms with Crippen LogP contribution in [0.2, 0.25) is 0 Å². The van der Waals surface area contributed by atoms with Gasteiger partial charge in [0.25, 0.3) is 0 Å². The van der Waals surface area contributed by atoms with E-state index >= 15 is 0 Å². The van der Waals surface area contributed by atoms with Crippen molar-refractivity contribution in [1.82, 2.24) is 0 Å². The van der Waals surface area contributed by atoms with Crippen LogP contribution in [0.5, 0.6) is 0 Å². The number of aliphatic hydroxyl groups is 4. The Morgan fingerprint density at radius 1 is 1.11 bits per heavy atom. The number of rotatable bonds is 4. The third-order valence-corrected chi connectivity index (χ3v) is 2.49. The van der Waals surface area contributed by atoms with E-state index in [9.17, 15) is 30.0 Å². The number of Topliss-reactive ketones (excluding diaryl/α,β-unsaturated/α-hetero) is 1. The van der Waals surface area contributed by atoms with Gasteiger partial charge in [0.05, 0.1) is 0 Å². The molecule has 0 saturated carbocycles. The largest absolute Gasteiger partial charge is 0.462 e. The normalized spacial score (nSPS) is 36.2. The van der Waals surface area contributed by atoms with E-state index in [1.54, 1.807) is 0 Å². The second-order valence-corrected chi connectivity index (χ2v) is 4.10. The van der Waals surface area contributed by atoms with Crippen LogP contribution in [0, 0.1) is 0 Å². The van der Waals surface area contributed by atoms with Crippen LogP contribution in [0.4, 0.5) is 0 Å². The molecule has 8 heteroatoms. The van der Waals surface area contributed by atoms with Crippen LogP contribution >= 0.6 is 0 Å². The minimum Gasteiger partial charge on any atom is -0.462 e. The minimum atomic E-state index is -1.68. The highest BCUT2D eigenvalue weighted by Gasteiger charge is 2.43. The van der Waals surface area contributed by atoms with Crippen molar-refractivity contribution in [1.29, 1.82) is 0 Å². The number of carbonyl (C=O) groups is 2. The third kappa shape index (κ3) is 3.72. The summed E-state index contributed by atoms with van der Waals surface area (Å²) in [6, 6.07) is 0. The molecule has 1 rings (SSSR count). The van der Waals surface area contributed by atoms with Crippen LogP contribution in [-0.2, 0) is 19.1 Å². The fraction of sp³-hybridized carbons (Fsp3) is 0.800. The van der Waals surface area contributed by atoms with Crippen molar-refractivity contribution in [3.8, 4) is 0 Å². The van der Waals surface area contributed by atoms with Crippen LogP contribution in [0.15, 0.2) is 0 Å². The molecule has 0 aromatic carbocycles. The Labute approximate surface area is 103 Å². The Hall–Kier alpha value is -1.06. The number of hydrogen-bond acceptors (Lipinski definition) is 8. The average Bonchev–Trinajstić information content (AvgIpc) is 2.28. The Morgan fingerprint density at radius 2 is 1.72 bits per heavy atom. The van der Waals surface area contributed by atoms with Crippen LogP contribution in [0.3, 0.4) is 0 Å². The van der Waals surface area contributed by atoms with Gasteiger partial charge in [-0.3, -0.25) is 9.59 Å². The molecule has 0 spiro atoms. The summed E-state index contributed by atoms with van der Waals surface area (Å²) >= 11 is 0. The number of ether oxygens (including phenoxy) is 2. The maximum Gasteiger partial charge on any atom is 0.313 e. The molecule has 5 atom stereocenters. The lowest BCUT2D eigenvalue weighted by molar-refractivity contribution is -0.287. The maximum absolute atomic E-state index is 11.1. The van der Waals surface area contributed by atoms with Gasteiger partial charge in [0, 0.05) is 0 Å². The number of hydrogen-bond donors (Lipinski definition) is 4. The first-order valence-corrected chi connectivity index (χ1v) is 5.35. The van der Waals surface area contributed by atoms with Gasteiger partial charge in [-0.25, -0.2) is 0 Å². The van der Waals surface area contributed by atoms with E-state index < -0.39 is 49.7 Å². The highest BCUT2D eigenvalue weighted by atomic mass is 16.6. The molecular weight excluding hydrogens is 248 g/mol. The summed E-state index contributed by atoms with van der Waals surface area (Å²) in [5.41, 5.74) is 0. The molecule has 0 amide bonds. The lowest BCUT2D eigenvalue weighted by atomic mass is 9.99. The van der Waals surface area contributed by atoms with Gasteiger partial charge in [-0.15, -0.1) is 0 Å². The molecule has 1 heterocycles. The molecular formula is C10H16O8. The zero-order valence-corrected chi connectivity index (χ0v) is 9.72. The highest BCUT2D eigenvalue weighted by Crippen LogP contribution is 2.20. The number of esters is 1. The van der Waals surface area contributed by atoms with Gasteiger partial charge < -0.3 is 29.9 Å². The van der Waals surface area contributed by atoms with Gasteiger partial charge >= 0.3 is 5.97 Å². The SMILES string of the molecule is CC(=O)CC(=O)OC[C@H]1O[C@H](O)[C@H](O)[C@@H](O)[C@@H]1O. The number of carbonyl (C=O) groups excluding carboxylic acids is 2. The monoisotopic (exact) mass is 264 g/mol. The molecule has 0 bridgehead atoms. The smallest absolute Gasteiger partial charge is 0.313 e. The van der Waals surface area contributed by atoms with Crippen molar-refractivity contribution in [3.63, 3.8) is 0 Å². The van der Waals surface area contributed by atoms with Crippen LogP contribution < -0.4 is 0 Å². The molecule has 4 N–H and O–H groups in total. The Kier molecular flexibility index (Phi) is 5.17. The van der Waals surface area contributed by atoms with Gasteiger partial charge in [-0.1, -0.05) is 0 Å². The molecule has 1 aliphatic heterocycles. The van der Waals surface area contributed by atoms with Gasteiger partial charge in [-0.2, -0.15) is 0 Å². The second kappa shape index (κ2) is 6.21. The Morgan fingerprint density at radius 3 is 2.28 bits per heavy atom. The third-order valence-electron chi connectivity index (χ3n) is 2.49. The first-order valence-electron chi connectivity index (χ1n) is 5.35. The van der Waals surface area contributed by atoms with E-state index in [1.807, 2.05) is 0 Å². The zero-order chi connectivity index (χ0) is 13.9. The fourth-order valence-electron chi connectivity index (χ4n) is 1.50. The van der Waals surface area contributed by atoms with Gasteiger partial charge in [-0.05, 0) is 6.92 Å². The molecule has 1 saturated heterocycles. The summed E-state index contributed by atoms with van der Waals surface area (Å²) in [6.45, 7) is 0.783. The van der Waals surface area contributed by atoms with Gasteiger partial charge in [0.2, 0.25) is 0 Å². The quantitative estimate of drug-likeness (QED) is 0.318. The summed E-state index contributed by atoms with van der Waals surface area (Å²) in [6.07, 6.45) is -8.01. The summed E-state index contributed by atoms with van der Waals surface area (Å²) in [5, 5.41) is 37.3. The summed E-state index contributed by atoms with van der Waals surface area (Å²) in [7, 11) is 0. The lowest BCUT2D eigenvalue weighted by Crippen LogP contribution is -2.58. The molecule has 104 valence electrons. The molecule has 0 aromatic heterocycles.